The number of carboxylic acids is 1. The molecule has 1 saturated heterocycles. The lowest BCUT2D eigenvalue weighted by atomic mass is 9.92. The standard InChI is InChI=1S/C31H38N6O4/c1-2-24-29(33-17-23(31(38)39)7-5-20-6-10-26-27(16-20)41-19-40-26)34-18-35-30(24)37-14-11-21(12-15-37)25-9-8-22-4-3-13-32-28(22)36-25/h6,8-10,16,18,21,23H,2-5,7,11-15,17,19H2,1H3,(H,32,36)(H,38,39)(H,33,34,35)/t23-/m0/s1. The van der Waals surface area contributed by atoms with Crippen LogP contribution in [-0.4, -0.2) is 59.0 Å². The molecule has 0 saturated carbocycles. The summed E-state index contributed by atoms with van der Waals surface area (Å²) in [5, 5.41) is 16.7. The van der Waals surface area contributed by atoms with Crippen molar-refractivity contribution in [2.75, 3.05) is 48.5 Å². The first-order valence-electron chi connectivity index (χ1n) is 14.8. The normalized spacial score (nSPS) is 17.0. The molecule has 1 atom stereocenters. The molecule has 216 valence electrons. The molecule has 0 spiro atoms. The van der Waals surface area contributed by atoms with Crippen LogP contribution in [0.15, 0.2) is 36.7 Å². The largest absolute Gasteiger partial charge is 0.481 e. The zero-order chi connectivity index (χ0) is 28.2. The van der Waals surface area contributed by atoms with E-state index in [-0.39, 0.29) is 6.79 Å². The highest BCUT2D eigenvalue weighted by atomic mass is 16.7. The minimum Gasteiger partial charge on any atom is -0.481 e. The Morgan fingerprint density at radius 2 is 2.02 bits per heavy atom. The van der Waals surface area contributed by atoms with Gasteiger partial charge in [-0.1, -0.05) is 19.1 Å². The molecular formula is C31H38N6O4. The monoisotopic (exact) mass is 558 g/mol. The van der Waals surface area contributed by atoms with E-state index in [9.17, 15) is 9.90 Å². The van der Waals surface area contributed by atoms with Gasteiger partial charge in [0, 0.05) is 43.4 Å². The predicted molar refractivity (Wildman–Crippen MR) is 157 cm³/mol. The van der Waals surface area contributed by atoms with E-state index in [0.29, 0.717) is 31.1 Å². The van der Waals surface area contributed by atoms with Crippen LogP contribution in [0.4, 0.5) is 17.5 Å². The number of piperidine rings is 1. The van der Waals surface area contributed by atoms with Crippen LogP contribution in [0, 0.1) is 5.92 Å². The summed E-state index contributed by atoms with van der Waals surface area (Å²) in [7, 11) is 0. The Morgan fingerprint density at radius 1 is 1.17 bits per heavy atom. The summed E-state index contributed by atoms with van der Waals surface area (Å²) in [6.07, 6.45) is 7.78. The van der Waals surface area contributed by atoms with E-state index in [4.69, 9.17) is 14.5 Å². The van der Waals surface area contributed by atoms with Crippen LogP contribution in [0.2, 0.25) is 0 Å². The van der Waals surface area contributed by atoms with Crippen molar-refractivity contribution in [3.05, 3.63) is 59.0 Å². The zero-order valence-electron chi connectivity index (χ0n) is 23.6. The van der Waals surface area contributed by atoms with Crippen LogP contribution in [0.1, 0.15) is 60.9 Å². The van der Waals surface area contributed by atoms with Gasteiger partial charge in [0.1, 0.15) is 23.8 Å². The molecule has 3 aliphatic heterocycles. The van der Waals surface area contributed by atoms with Crippen molar-refractivity contribution < 1.29 is 19.4 Å². The number of rotatable bonds is 10. The number of fused-ring (bicyclic) bond motifs is 2. The molecular weight excluding hydrogens is 520 g/mol. The summed E-state index contributed by atoms with van der Waals surface area (Å²) in [6, 6.07) is 10.2. The number of carboxylic acid groups (broad SMARTS) is 1. The first-order chi connectivity index (χ1) is 20.1. The van der Waals surface area contributed by atoms with Crippen LogP contribution >= 0.6 is 0 Å². The highest BCUT2D eigenvalue weighted by Crippen LogP contribution is 2.35. The summed E-state index contributed by atoms with van der Waals surface area (Å²) in [4.78, 5) is 28.6. The maximum atomic E-state index is 12.1. The first-order valence-corrected chi connectivity index (χ1v) is 14.8. The number of anilines is 3. The Balaban J connectivity index is 1.08. The van der Waals surface area contributed by atoms with Gasteiger partial charge in [-0.05, 0) is 74.3 Å². The van der Waals surface area contributed by atoms with Gasteiger partial charge in [-0.25, -0.2) is 15.0 Å². The van der Waals surface area contributed by atoms with E-state index in [1.165, 1.54) is 17.7 Å². The quantitative estimate of drug-likeness (QED) is 0.324. The molecule has 10 nitrogen and oxygen atoms in total. The minimum absolute atomic E-state index is 0.225. The fourth-order valence-electron chi connectivity index (χ4n) is 6.08. The fourth-order valence-corrected chi connectivity index (χ4v) is 6.08. The Hall–Kier alpha value is -4.08. The molecule has 6 rings (SSSR count). The van der Waals surface area contributed by atoms with Gasteiger partial charge in [-0.15, -0.1) is 0 Å². The van der Waals surface area contributed by atoms with Gasteiger partial charge >= 0.3 is 5.97 Å². The average Bonchev–Trinajstić information content (AvgIpc) is 3.48. The third kappa shape index (κ3) is 6.01. The molecule has 5 heterocycles. The average molecular weight is 559 g/mol. The molecule has 3 N–H and O–H groups in total. The van der Waals surface area contributed by atoms with Crippen LogP contribution in [0.5, 0.6) is 11.5 Å². The van der Waals surface area contributed by atoms with E-state index < -0.39 is 11.9 Å². The maximum absolute atomic E-state index is 12.1. The van der Waals surface area contributed by atoms with Crippen molar-refractivity contribution in [1.82, 2.24) is 15.0 Å². The number of nitrogens with one attached hydrogen (secondary N) is 2. The molecule has 3 aliphatic rings. The second kappa shape index (κ2) is 12.2. The highest BCUT2D eigenvalue weighted by molar-refractivity contribution is 5.71. The van der Waals surface area contributed by atoms with Crippen molar-refractivity contribution in [3.8, 4) is 11.5 Å². The second-order valence-corrected chi connectivity index (χ2v) is 11.1. The molecule has 1 fully saturated rings. The number of pyridine rings is 1. The highest BCUT2D eigenvalue weighted by Gasteiger charge is 2.26. The van der Waals surface area contributed by atoms with E-state index in [2.05, 4.69) is 44.6 Å². The van der Waals surface area contributed by atoms with Gasteiger partial charge in [0.15, 0.2) is 11.5 Å². The molecule has 0 unspecified atom stereocenters. The molecule has 0 amide bonds. The smallest absolute Gasteiger partial charge is 0.308 e. The summed E-state index contributed by atoms with van der Waals surface area (Å²) < 4.78 is 10.8. The summed E-state index contributed by atoms with van der Waals surface area (Å²) in [6.45, 7) is 5.41. The third-order valence-electron chi connectivity index (χ3n) is 8.49. The molecule has 0 bridgehead atoms. The number of aliphatic carboxylic acids is 1. The molecule has 3 aromatic rings. The second-order valence-electron chi connectivity index (χ2n) is 11.1. The van der Waals surface area contributed by atoms with Crippen molar-refractivity contribution in [3.63, 3.8) is 0 Å². The van der Waals surface area contributed by atoms with Crippen molar-refractivity contribution in [2.24, 2.45) is 5.92 Å². The lowest BCUT2D eigenvalue weighted by molar-refractivity contribution is -0.141. The maximum Gasteiger partial charge on any atom is 0.308 e. The zero-order valence-corrected chi connectivity index (χ0v) is 23.6. The van der Waals surface area contributed by atoms with Crippen LogP contribution in [0.3, 0.4) is 0 Å². The van der Waals surface area contributed by atoms with Gasteiger partial charge in [0.05, 0.1) is 5.92 Å². The topological polar surface area (TPSA) is 122 Å². The third-order valence-corrected chi connectivity index (χ3v) is 8.49. The van der Waals surface area contributed by atoms with E-state index in [0.717, 1.165) is 79.6 Å². The van der Waals surface area contributed by atoms with E-state index in [1.54, 1.807) is 6.33 Å². The fraction of sp³-hybridized carbons (Fsp3) is 0.484. The lowest BCUT2D eigenvalue weighted by Gasteiger charge is -2.34. The number of carbonyl (C=O) groups is 1. The number of hydrogen-bond donors (Lipinski definition) is 3. The first kappa shape index (κ1) is 27.1. The molecule has 10 heteroatoms. The number of nitrogens with zero attached hydrogens (tertiary/aromatic N) is 4. The summed E-state index contributed by atoms with van der Waals surface area (Å²) >= 11 is 0. The van der Waals surface area contributed by atoms with Gasteiger partial charge < -0.3 is 30.1 Å². The predicted octanol–water partition coefficient (Wildman–Crippen LogP) is 4.65. The number of aryl methyl sites for hydroxylation is 2. The van der Waals surface area contributed by atoms with Crippen LogP contribution in [0.25, 0.3) is 0 Å². The van der Waals surface area contributed by atoms with Crippen molar-refractivity contribution >= 4 is 23.4 Å². The minimum atomic E-state index is -0.821. The van der Waals surface area contributed by atoms with Crippen molar-refractivity contribution in [2.45, 2.75) is 57.8 Å². The Kier molecular flexibility index (Phi) is 8.07. The number of aromatic nitrogens is 3. The van der Waals surface area contributed by atoms with Gasteiger partial charge in [-0.2, -0.15) is 0 Å². The molecule has 41 heavy (non-hydrogen) atoms. The Morgan fingerprint density at radius 3 is 2.85 bits per heavy atom. The molecule has 1 aromatic carbocycles. The Labute approximate surface area is 240 Å². The number of benzene rings is 1. The SMILES string of the molecule is CCc1c(NC[C@H](CCc2ccc3c(c2)OCO3)C(=O)O)ncnc1N1CCC(c2ccc3c(n2)NCCC3)CC1. The van der Waals surface area contributed by atoms with Crippen LogP contribution in [-0.2, 0) is 24.1 Å². The number of ether oxygens (including phenoxy) is 2. The van der Waals surface area contributed by atoms with Crippen molar-refractivity contribution in [1.29, 1.82) is 0 Å². The molecule has 0 aliphatic carbocycles. The molecule has 2 aromatic heterocycles. The lowest BCUT2D eigenvalue weighted by Crippen LogP contribution is -2.35. The van der Waals surface area contributed by atoms with Gasteiger partial charge in [0.25, 0.3) is 0 Å². The molecule has 0 radical (unpaired) electrons. The van der Waals surface area contributed by atoms with Gasteiger partial charge in [0.2, 0.25) is 6.79 Å². The van der Waals surface area contributed by atoms with E-state index in [1.807, 2.05) is 18.2 Å². The van der Waals surface area contributed by atoms with E-state index >= 15 is 0 Å². The van der Waals surface area contributed by atoms with Crippen LogP contribution < -0.4 is 25.0 Å². The van der Waals surface area contributed by atoms with Gasteiger partial charge in [-0.3, -0.25) is 4.79 Å². The number of hydrogen-bond acceptors (Lipinski definition) is 9. The summed E-state index contributed by atoms with van der Waals surface area (Å²) in [5.74, 6) is 3.23. The Bertz CT molecular complexity index is 1390. The summed E-state index contributed by atoms with van der Waals surface area (Å²) in [5.41, 5.74) is 4.56.